The Bertz CT molecular complexity index is 295. The van der Waals surface area contributed by atoms with Gasteiger partial charge in [-0.2, -0.15) is 0 Å². The normalized spacial score (nSPS) is 36.5. The molecule has 2 saturated heterocycles. The average molecular weight is 282 g/mol. The van der Waals surface area contributed by atoms with Gasteiger partial charge in [-0.05, 0) is 45.4 Å². The van der Waals surface area contributed by atoms with Gasteiger partial charge in [0.15, 0.2) is 0 Å². The Labute approximate surface area is 125 Å². The topological polar surface area (TPSA) is 24.5 Å². The summed E-state index contributed by atoms with van der Waals surface area (Å²) in [5, 5.41) is 3.72. The zero-order valence-corrected chi connectivity index (χ0v) is 14.2. The molecule has 0 aliphatic carbocycles. The Kier molecular flexibility index (Phi) is 5.14. The van der Waals surface area contributed by atoms with Crippen molar-refractivity contribution in [1.29, 1.82) is 0 Å². The van der Waals surface area contributed by atoms with Crippen molar-refractivity contribution in [3.8, 4) is 0 Å². The van der Waals surface area contributed by atoms with E-state index < -0.39 is 0 Å². The van der Waals surface area contributed by atoms with Crippen LogP contribution in [0, 0.1) is 17.3 Å². The van der Waals surface area contributed by atoms with Crippen LogP contribution in [0.3, 0.4) is 0 Å². The largest absolute Gasteiger partial charge is 0.381 e. The summed E-state index contributed by atoms with van der Waals surface area (Å²) in [5.41, 5.74) is 0.505. The molecule has 0 aromatic rings. The number of hydrogen-bond acceptors (Lipinski definition) is 3. The molecule has 3 unspecified atom stereocenters. The monoisotopic (exact) mass is 282 g/mol. The van der Waals surface area contributed by atoms with Gasteiger partial charge in [-0.15, -0.1) is 0 Å². The molecule has 0 bridgehead atoms. The number of nitrogens with zero attached hydrogens (tertiary/aromatic N) is 1. The van der Waals surface area contributed by atoms with Crippen LogP contribution in [0.5, 0.6) is 0 Å². The predicted molar refractivity (Wildman–Crippen MR) is 85.0 cm³/mol. The fourth-order valence-electron chi connectivity index (χ4n) is 3.54. The van der Waals surface area contributed by atoms with E-state index in [1.165, 1.54) is 32.5 Å². The molecule has 118 valence electrons. The highest BCUT2D eigenvalue weighted by Crippen LogP contribution is 2.33. The van der Waals surface area contributed by atoms with E-state index in [1.54, 1.807) is 0 Å². The van der Waals surface area contributed by atoms with Gasteiger partial charge in [0.1, 0.15) is 0 Å². The molecular weight excluding hydrogens is 248 g/mol. The third kappa shape index (κ3) is 4.44. The highest BCUT2D eigenvalue weighted by molar-refractivity contribution is 4.92. The molecule has 0 aromatic carbocycles. The average Bonchev–Trinajstić information content (AvgIpc) is 2.66. The van der Waals surface area contributed by atoms with Gasteiger partial charge in [0.25, 0.3) is 0 Å². The van der Waals surface area contributed by atoms with Crippen LogP contribution in [0.25, 0.3) is 0 Å². The van der Waals surface area contributed by atoms with Crippen LogP contribution in [-0.2, 0) is 4.74 Å². The van der Waals surface area contributed by atoms with Crippen LogP contribution in [0.15, 0.2) is 0 Å². The molecule has 3 heteroatoms. The van der Waals surface area contributed by atoms with E-state index in [4.69, 9.17) is 4.74 Å². The second-order valence-corrected chi connectivity index (χ2v) is 8.41. The standard InChI is InChI=1S/C17H34N2O/c1-14-9-19(10-15(14)2)12-17(7-6-8-20-13-17)11-18-16(3,4)5/h14-15,18H,6-13H2,1-5H3. The van der Waals surface area contributed by atoms with Crippen molar-refractivity contribution in [3.05, 3.63) is 0 Å². The molecule has 2 aliphatic heterocycles. The van der Waals surface area contributed by atoms with E-state index in [0.29, 0.717) is 5.41 Å². The van der Waals surface area contributed by atoms with Crippen molar-refractivity contribution in [1.82, 2.24) is 10.2 Å². The highest BCUT2D eigenvalue weighted by atomic mass is 16.5. The van der Waals surface area contributed by atoms with E-state index in [2.05, 4.69) is 44.8 Å². The van der Waals surface area contributed by atoms with Crippen LogP contribution in [0.1, 0.15) is 47.5 Å². The van der Waals surface area contributed by atoms with Crippen molar-refractivity contribution in [3.63, 3.8) is 0 Å². The Morgan fingerprint density at radius 2 is 1.85 bits per heavy atom. The van der Waals surface area contributed by atoms with E-state index >= 15 is 0 Å². The number of nitrogens with one attached hydrogen (secondary N) is 1. The Morgan fingerprint density at radius 3 is 2.35 bits per heavy atom. The second-order valence-electron chi connectivity index (χ2n) is 8.41. The first kappa shape index (κ1) is 16.3. The van der Waals surface area contributed by atoms with Crippen LogP contribution in [0.4, 0.5) is 0 Å². The predicted octanol–water partition coefficient (Wildman–Crippen LogP) is 2.76. The quantitative estimate of drug-likeness (QED) is 0.858. The van der Waals surface area contributed by atoms with Gasteiger partial charge in [-0.3, -0.25) is 0 Å². The van der Waals surface area contributed by atoms with Gasteiger partial charge in [-0.25, -0.2) is 0 Å². The van der Waals surface area contributed by atoms with Gasteiger partial charge >= 0.3 is 0 Å². The smallest absolute Gasteiger partial charge is 0.0546 e. The summed E-state index contributed by atoms with van der Waals surface area (Å²) in [6.07, 6.45) is 2.51. The molecule has 2 aliphatic rings. The van der Waals surface area contributed by atoms with Crippen LogP contribution >= 0.6 is 0 Å². The Morgan fingerprint density at radius 1 is 1.20 bits per heavy atom. The summed E-state index contributed by atoms with van der Waals surface area (Å²) >= 11 is 0. The first-order chi connectivity index (χ1) is 9.30. The first-order valence-corrected chi connectivity index (χ1v) is 8.35. The molecule has 3 atom stereocenters. The summed E-state index contributed by atoms with van der Waals surface area (Å²) in [4.78, 5) is 2.67. The molecule has 1 N–H and O–H groups in total. The minimum Gasteiger partial charge on any atom is -0.381 e. The number of likely N-dealkylation sites (tertiary alicyclic amines) is 1. The van der Waals surface area contributed by atoms with Crippen molar-refractivity contribution in [2.24, 2.45) is 17.3 Å². The lowest BCUT2D eigenvalue weighted by Crippen LogP contribution is -2.52. The summed E-state index contributed by atoms with van der Waals surface area (Å²) in [6.45, 7) is 18.2. The minimum atomic E-state index is 0.191. The SMILES string of the molecule is CC1CN(CC2(CNC(C)(C)C)CCCOC2)CC1C. The van der Waals surface area contributed by atoms with Gasteiger partial charge in [0.2, 0.25) is 0 Å². The third-order valence-corrected chi connectivity index (χ3v) is 5.02. The Hall–Kier alpha value is -0.120. The molecule has 0 saturated carbocycles. The molecule has 2 rings (SSSR count). The zero-order chi connectivity index (χ0) is 14.8. The second kappa shape index (κ2) is 6.33. The van der Waals surface area contributed by atoms with Gasteiger partial charge in [0.05, 0.1) is 6.61 Å². The summed E-state index contributed by atoms with van der Waals surface area (Å²) in [5.74, 6) is 1.68. The van der Waals surface area contributed by atoms with Gasteiger partial charge in [-0.1, -0.05) is 13.8 Å². The third-order valence-electron chi connectivity index (χ3n) is 5.02. The summed E-state index contributed by atoms with van der Waals surface area (Å²) in [6, 6.07) is 0. The highest BCUT2D eigenvalue weighted by Gasteiger charge is 2.38. The van der Waals surface area contributed by atoms with Crippen LogP contribution in [0.2, 0.25) is 0 Å². The Balaban J connectivity index is 1.96. The summed E-state index contributed by atoms with van der Waals surface area (Å²) < 4.78 is 5.85. The lowest BCUT2D eigenvalue weighted by molar-refractivity contribution is -0.0263. The van der Waals surface area contributed by atoms with E-state index in [9.17, 15) is 0 Å². The number of ether oxygens (including phenoxy) is 1. The van der Waals surface area contributed by atoms with Crippen molar-refractivity contribution in [2.45, 2.75) is 53.0 Å². The molecule has 0 amide bonds. The van der Waals surface area contributed by atoms with Crippen molar-refractivity contribution < 1.29 is 4.74 Å². The molecule has 0 radical (unpaired) electrons. The van der Waals surface area contributed by atoms with Crippen molar-refractivity contribution >= 4 is 0 Å². The number of rotatable bonds is 4. The molecule has 0 aromatic heterocycles. The first-order valence-electron chi connectivity index (χ1n) is 8.35. The van der Waals surface area contributed by atoms with Gasteiger partial charge < -0.3 is 15.0 Å². The summed E-state index contributed by atoms with van der Waals surface area (Å²) in [7, 11) is 0. The van der Waals surface area contributed by atoms with E-state index in [1.807, 2.05) is 0 Å². The van der Waals surface area contributed by atoms with Crippen LogP contribution in [-0.4, -0.2) is 49.8 Å². The lowest BCUT2D eigenvalue weighted by Gasteiger charge is -2.42. The van der Waals surface area contributed by atoms with Crippen molar-refractivity contribution in [2.75, 3.05) is 39.4 Å². The van der Waals surface area contributed by atoms with E-state index in [0.717, 1.165) is 31.6 Å². The zero-order valence-electron chi connectivity index (χ0n) is 14.2. The fraction of sp³-hybridized carbons (Fsp3) is 1.00. The molecule has 3 nitrogen and oxygen atoms in total. The molecule has 2 fully saturated rings. The maximum absolute atomic E-state index is 5.85. The van der Waals surface area contributed by atoms with Crippen LogP contribution < -0.4 is 5.32 Å². The fourth-order valence-corrected chi connectivity index (χ4v) is 3.54. The minimum absolute atomic E-state index is 0.191. The molecule has 20 heavy (non-hydrogen) atoms. The maximum Gasteiger partial charge on any atom is 0.0546 e. The lowest BCUT2D eigenvalue weighted by atomic mass is 9.81. The van der Waals surface area contributed by atoms with E-state index in [-0.39, 0.29) is 5.54 Å². The van der Waals surface area contributed by atoms with Gasteiger partial charge in [0, 0.05) is 43.7 Å². The molecule has 2 heterocycles. The molecule has 0 spiro atoms. The maximum atomic E-state index is 5.85. The number of hydrogen-bond donors (Lipinski definition) is 1. The molecular formula is C17H34N2O.